The predicted molar refractivity (Wildman–Crippen MR) is 93.2 cm³/mol. The number of phenolic OH excluding ortho intramolecular Hbond substituents is 1. The molecule has 0 saturated carbocycles. The van der Waals surface area contributed by atoms with Gasteiger partial charge in [0.15, 0.2) is 5.78 Å². The molecule has 0 radical (unpaired) electrons. The zero-order chi connectivity index (χ0) is 18.6. The SMILES string of the molecule is Cc1ccc(C(=O)CCC(=O)Nc2cc(C(=O)O)ccc2O)cc1C. The minimum atomic E-state index is -1.17. The van der Waals surface area contributed by atoms with Crippen molar-refractivity contribution in [1.82, 2.24) is 0 Å². The molecule has 130 valence electrons. The van der Waals surface area contributed by atoms with Crippen LogP contribution >= 0.6 is 0 Å². The fourth-order valence-corrected chi connectivity index (χ4v) is 2.27. The summed E-state index contributed by atoms with van der Waals surface area (Å²) in [6.07, 6.45) is -0.0454. The van der Waals surface area contributed by atoms with Crippen molar-refractivity contribution < 1.29 is 24.6 Å². The molecule has 2 rings (SSSR count). The third kappa shape index (κ3) is 4.67. The van der Waals surface area contributed by atoms with Crippen LogP contribution in [0.1, 0.15) is 44.7 Å². The van der Waals surface area contributed by atoms with Gasteiger partial charge in [-0.1, -0.05) is 12.1 Å². The molecule has 0 saturated heterocycles. The number of Topliss-reactive ketones (excluding diaryl/α,β-unsaturated/α-hetero) is 1. The highest BCUT2D eigenvalue weighted by molar-refractivity contribution is 6.01. The summed E-state index contributed by atoms with van der Waals surface area (Å²) < 4.78 is 0. The highest BCUT2D eigenvalue weighted by Gasteiger charge is 2.13. The van der Waals surface area contributed by atoms with Crippen LogP contribution in [0.15, 0.2) is 36.4 Å². The number of hydrogen-bond acceptors (Lipinski definition) is 4. The molecule has 0 bridgehead atoms. The molecule has 2 aromatic carbocycles. The first-order valence-electron chi connectivity index (χ1n) is 7.74. The average Bonchev–Trinajstić information content (AvgIpc) is 2.57. The van der Waals surface area contributed by atoms with Crippen molar-refractivity contribution in [3.05, 3.63) is 58.7 Å². The molecule has 0 spiro atoms. The monoisotopic (exact) mass is 341 g/mol. The van der Waals surface area contributed by atoms with Gasteiger partial charge in [0, 0.05) is 18.4 Å². The molecule has 25 heavy (non-hydrogen) atoms. The van der Waals surface area contributed by atoms with Crippen LogP contribution in [-0.4, -0.2) is 27.9 Å². The number of aromatic carboxylic acids is 1. The Morgan fingerprint density at radius 2 is 1.60 bits per heavy atom. The average molecular weight is 341 g/mol. The number of ketones is 1. The number of amides is 1. The zero-order valence-electron chi connectivity index (χ0n) is 14.0. The molecule has 0 aliphatic rings. The molecule has 0 aliphatic carbocycles. The van der Waals surface area contributed by atoms with Crippen molar-refractivity contribution >= 4 is 23.3 Å². The molecule has 6 nitrogen and oxygen atoms in total. The van der Waals surface area contributed by atoms with Gasteiger partial charge in [-0.15, -0.1) is 0 Å². The molecular weight excluding hydrogens is 322 g/mol. The van der Waals surface area contributed by atoms with E-state index in [-0.39, 0.29) is 35.6 Å². The van der Waals surface area contributed by atoms with Crippen LogP contribution in [-0.2, 0) is 4.79 Å². The maximum absolute atomic E-state index is 12.2. The van der Waals surface area contributed by atoms with Crippen molar-refractivity contribution in [3.8, 4) is 5.75 Å². The number of carboxylic acid groups (broad SMARTS) is 1. The maximum atomic E-state index is 12.2. The number of hydrogen-bond donors (Lipinski definition) is 3. The first-order valence-corrected chi connectivity index (χ1v) is 7.74. The number of phenols is 1. The van der Waals surface area contributed by atoms with E-state index < -0.39 is 11.9 Å². The second-order valence-electron chi connectivity index (χ2n) is 5.81. The molecule has 3 N–H and O–H groups in total. The topological polar surface area (TPSA) is 104 Å². The predicted octanol–water partition coefficient (Wildman–Crippen LogP) is 3.31. The summed E-state index contributed by atoms with van der Waals surface area (Å²) in [6, 6.07) is 8.97. The van der Waals surface area contributed by atoms with Gasteiger partial charge < -0.3 is 15.5 Å². The van der Waals surface area contributed by atoms with E-state index in [1.54, 1.807) is 12.1 Å². The normalized spacial score (nSPS) is 10.3. The highest BCUT2D eigenvalue weighted by atomic mass is 16.4. The molecule has 0 unspecified atom stereocenters. The van der Waals surface area contributed by atoms with E-state index >= 15 is 0 Å². The summed E-state index contributed by atoms with van der Waals surface area (Å²) in [5, 5.41) is 21.1. The molecule has 0 fully saturated rings. The van der Waals surface area contributed by atoms with Gasteiger partial charge in [0.05, 0.1) is 11.3 Å². The van der Waals surface area contributed by atoms with Crippen LogP contribution in [0.2, 0.25) is 0 Å². The largest absolute Gasteiger partial charge is 0.506 e. The van der Waals surface area contributed by atoms with Crippen molar-refractivity contribution in [2.75, 3.05) is 5.32 Å². The van der Waals surface area contributed by atoms with E-state index in [2.05, 4.69) is 5.32 Å². The van der Waals surface area contributed by atoms with Gasteiger partial charge in [-0.25, -0.2) is 4.79 Å². The first-order chi connectivity index (χ1) is 11.8. The summed E-state index contributed by atoms with van der Waals surface area (Å²) in [5.74, 6) is -2.03. The van der Waals surface area contributed by atoms with Crippen molar-refractivity contribution in [2.45, 2.75) is 26.7 Å². The van der Waals surface area contributed by atoms with E-state index in [0.717, 1.165) is 11.1 Å². The van der Waals surface area contributed by atoms with Gasteiger partial charge in [0.25, 0.3) is 0 Å². The van der Waals surface area contributed by atoms with Crippen molar-refractivity contribution in [1.29, 1.82) is 0 Å². The number of carbonyl (C=O) groups is 3. The number of carbonyl (C=O) groups excluding carboxylic acids is 2. The quantitative estimate of drug-likeness (QED) is 0.552. The van der Waals surface area contributed by atoms with Crippen LogP contribution < -0.4 is 5.32 Å². The summed E-state index contributed by atoms with van der Waals surface area (Å²) >= 11 is 0. The van der Waals surface area contributed by atoms with Crippen molar-refractivity contribution in [2.24, 2.45) is 0 Å². The first kappa shape index (κ1) is 18.2. The van der Waals surface area contributed by atoms with Gasteiger partial charge in [0.1, 0.15) is 5.75 Å². The molecular formula is C19H19NO5. The number of benzene rings is 2. The summed E-state index contributed by atoms with van der Waals surface area (Å²) in [4.78, 5) is 35.1. The maximum Gasteiger partial charge on any atom is 0.335 e. The Morgan fingerprint density at radius 3 is 2.24 bits per heavy atom. The van der Waals surface area contributed by atoms with Crippen LogP contribution in [0.25, 0.3) is 0 Å². The van der Waals surface area contributed by atoms with E-state index in [1.165, 1.54) is 18.2 Å². The molecule has 0 aliphatic heterocycles. The van der Waals surface area contributed by atoms with E-state index in [0.29, 0.717) is 5.56 Å². The second kappa shape index (κ2) is 7.61. The molecule has 0 heterocycles. The van der Waals surface area contributed by atoms with Crippen LogP contribution in [0, 0.1) is 13.8 Å². The Hall–Kier alpha value is -3.15. The summed E-state index contributed by atoms with van der Waals surface area (Å²) in [6.45, 7) is 3.87. The van der Waals surface area contributed by atoms with Gasteiger partial charge in [-0.2, -0.15) is 0 Å². The van der Waals surface area contributed by atoms with Crippen molar-refractivity contribution in [3.63, 3.8) is 0 Å². The number of rotatable bonds is 6. The van der Waals surface area contributed by atoms with Gasteiger partial charge >= 0.3 is 5.97 Å². The highest BCUT2D eigenvalue weighted by Crippen LogP contribution is 2.24. The lowest BCUT2D eigenvalue weighted by Gasteiger charge is -2.08. The van der Waals surface area contributed by atoms with E-state index in [1.807, 2.05) is 19.9 Å². The third-order valence-electron chi connectivity index (χ3n) is 3.93. The lowest BCUT2D eigenvalue weighted by Crippen LogP contribution is -2.14. The Bertz CT molecular complexity index is 842. The van der Waals surface area contributed by atoms with Crippen LogP contribution in [0.5, 0.6) is 5.75 Å². The van der Waals surface area contributed by atoms with Crippen LogP contribution in [0.3, 0.4) is 0 Å². The second-order valence-corrected chi connectivity index (χ2v) is 5.81. The molecule has 1 amide bonds. The Kier molecular flexibility index (Phi) is 5.54. The molecule has 6 heteroatoms. The lowest BCUT2D eigenvalue weighted by molar-refractivity contribution is -0.116. The number of aromatic hydroxyl groups is 1. The third-order valence-corrected chi connectivity index (χ3v) is 3.93. The zero-order valence-corrected chi connectivity index (χ0v) is 14.0. The molecule has 2 aromatic rings. The fourth-order valence-electron chi connectivity index (χ4n) is 2.27. The Balaban J connectivity index is 1.98. The van der Waals surface area contributed by atoms with Gasteiger partial charge in [0.2, 0.25) is 5.91 Å². The molecule has 0 atom stereocenters. The number of nitrogens with one attached hydrogen (secondary N) is 1. The number of aryl methyl sites for hydroxylation is 2. The minimum absolute atomic E-state index is 0.00327. The molecule has 0 aromatic heterocycles. The number of carboxylic acids is 1. The smallest absolute Gasteiger partial charge is 0.335 e. The van der Waals surface area contributed by atoms with E-state index in [9.17, 15) is 19.5 Å². The van der Waals surface area contributed by atoms with E-state index in [4.69, 9.17) is 5.11 Å². The minimum Gasteiger partial charge on any atom is -0.506 e. The fraction of sp³-hybridized carbons (Fsp3) is 0.211. The summed E-state index contributed by atoms with van der Waals surface area (Å²) in [7, 11) is 0. The Morgan fingerprint density at radius 1 is 0.920 bits per heavy atom. The van der Waals surface area contributed by atoms with Gasteiger partial charge in [-0.05, 0) is 49.2 Å². The van der Waals surface area contributed by atoms with Gasteiger partial charge in [-0.3, -0.25) is 9.59 Å². The Labute approximate surface area is 145 Å². The number of anilines is 1. The summed E-state index contributed by atoms with van der Waals surface area (Å²) in [5.41, 5.74) is 2.59. The standard InChI is InChI=1S/C19H19NO5/c1-11-3-4-13(9-12(11)2)16(21)7-8-18(23)20-15-10-14(19(24)25)5-6-17(15)22/h3-6,9-10,22H,7-8H2,1-2H3,(H,20,23)(H,24,25). The lowest BCUT2D eigenvalue weighted by atomic mass is 10.0. The van der Waals surface area contributed by atoms with Crippen LogP contribution in [0.4, 0.5) is 5.69 Å².